The number of rotatable bonds is 2. The SMILES string of the molecule is C[C@]12CCC(=O)C=C1NC[C@@H]1[C@H]2CC[C@]2(C)C(C(=O)Nc3ccc4c(c3)CCC4)CC[C@@H]12. The topological polar surface area (TPSA) is 58.2 Å². The van der Waals surface area contributed by atoms with E-state index in [1.807, 2.05) is 6.08 Å². The van der Waals surface area contributed by atoms with Crippen molar-refractivity contribution in [3.8, 4) is 0 Å². The number of allylic oxidation sites excluding steroid dienone is 2. The van der Waals surface area contributed by atoms with Crippen molar-refractivity contribution in [1.29, 1.82) is 0 Å². The maximum Gasteiger partial charge on any atom is 0.228 e. The smallest absolute Gasteiger partial charge is 0.228 e. The van der Waals surface area contributed by atoms with Crippen LogP contribution in [0.5, 0.6) is 0 Å². The summed E-state index contributed by atoms with van der Waals surface area (Å²) >= 11 is 0. The van der Waals surface area contributed by atoms with Crippen LogP contribution >= 0.6 is 0 Å². The first-order chi connectivity index (χ1) is 15.4. The van der Waals surface area contributed by atoms with Crippen LogP contribution < -0.4 is 10.6 Å². The van der Waals surface area contributed by atoms with Crippen LogP contribution in [0.25, 0.3) is 0 Å². The fourth-order valence-corrected chi connectivity index (χ4v) is 8.45. The van der Waals surface area contributed by atoms with Gasteiger partial charge in [-0.3, -0.25) is 9.59 Å². The molecule has 1 saturated heterocycles. The molecule has 2 saturated carbocycles. The number of benzene rings is 1. The van der Waals surface area contributed by atoms with E-state index in [2.05, 4.69) is 42.7 Å². The Hall–Kier alpha value is -2.10. The van der Waals surface area contributed by atoms with Crippen molar-refractivity contribution in [3.05, 3.63) is 41.1 Å². The van der Waals surface area contributed by atoms with E-state index < -0.39 is 0 Å². The Morgan fingerprint density at radius 2 is 1.88 bits per heavy atom. The van der Waals surface area contributed by atoms with Crippen LogP contribution in [0.15, 0.2) is 30.0 Å². The first-order valence-corrected chi connectivity index (χ1v) is 12.8. The number of fused-ring (bicyclic) bond motifs is 6. The molecule has 170 valence electrons. The Labute approximate surface area is 191 Å². The summed E-state index contributed by atoms with van der Waals surface area (Å²) in [6.07, 6.45) is 11.5. The van der Waals surface area contributed by atoms with Gasteiger partial charge in [-0.05, 0) is 97.8 Å². The van der Waals surface area contributed by atoms with Gasteiger partial charge in [0, 0.05) is 41.8 Å². The van der Waals surface area contributed by atoms with Gasteiger partial charge in [-0.2, -0.15) is 0 Å². The van der Waals surface area contributed by atoms with Gasteiger partial charge in [-0.1, -0.05) is 19.9 Å². The van der Waals surface area contributed by atoms with Gasteiger partial charge in [0.25, 0.3) is 0 Å². The molecule has 1 aromatic rings. The first kappa shape index (κ1) is 20.5. The van der Waals surface area contributed by atoms with E-state index in [1.165, 1.54) is 36.1 Å². The Bertz CT molecular complexity index is 1010. The van der Waals surface area contributed by atoms with E-state index in [4.69, 9.17) is 0 Å². The van der Waals surface area contributed by atoms with Gasteiger partial charge in [0.05, 0.1) is 0 Å². The fraction of sp³-hybridized carbons (Fsp3) is 0.643. The molecule has 6 rings (SSSR count). The van der Waals surface area contributed by atoms with Gasteiger partial charge in [0.15, 0.2) is 5.78 Å². The standard InChI is InChI=1S/C28H36N2O2/c1-27-13-11-23-21(16-29-25-15-20(31)10-12-28(23,25)2)22(27)8-9-24(27)26(32)30-19-7-6-17-4-3-5-18(17)14-19/h6-7,14-15,21-24,29H,3-5,8-13,16H2,1-2H3,(H,30,32)/t21-,22-,23+,24?,27-,28+/m0/s1. The number of carbonyl (C=O) groups excluding carboxylic acids is 2. The third-order valence-electron chi connectivity index (χ3n) is 10.3. The van der Waals surface area contributed by atoms with Crippen molar-refractivity contribution >= 4 is 17.4 Å². The van der Waals surface area contributed by atoms with E-state index in [1.54, 1.807) is 0 Å². The third kappa shape index (κ3) is 2.94. The number of nitrogens with one attached hydrogen (secondary N) is 2. The van der Waals surface area contributed by atoms with Gasteiger partial charge in [0.1, 0.15) is 0 Å². The zero-order valence-electron chi connectivity index (χ0n) is 19.5. The predicted molar refractivity (Wildman–Crippen MR) is 126 cm³/mol. The van der Waals surface area contributed by atoms with Crippen LogP contribution in [-0.2, 0) is 22.4 Å². The molecule has 6 atom stereocenters. The Balaban J connectivity index is 1.22. The van der Waals surface area contributed by atoms with Crippen LogP contribution in [0.3, 0.4) is 0 Å². The molecule has 1 unspecified atom stereocenters. The molecule has 1 heterocycles. The maximum atomic E-state index is 13.5. The first-order valence-electron chi connectivity index (χ1n) is 12.8. The minimum atomic E-state index is 0.0751. The van der Waals surface area contributed by atoms with E-state index in [0.29, 0.717) is 24.2 Å². The average molecular weight is 433 g/mol. The van der Waals surface area contributed by atoms with Crippen LogP contribution in [0, 0.1) is 34.5 Å². The molecule has 0 aromatic heterocycles. The monoisotopic (exact) mass is 432 g/mol. The molecular formula is C28H36N2O2. The second-order valence-electron chi connectivity index (χ2n) is 11.7. The largest absolute Gasteiger partial charge is 0.387 e. The maximum absolute atomic E-state index is 13.5. The molecule has 1 amide bonds. The highest BCUT2D eigenvalue weighted by molar-refractivity contribution is 5.93. The summed E-state index contributed by atoms with van der Waals surface area (Å²) in [5.74, 6) is 2.40. The van der Waals surface area contributed by atoms with Gasteiger partial charge in [0.2, 0.25) is 5.91 Å². The summed E-state index contributed by atoms with van der Waals surface area (Å²) in [5, 5.41) is 6.97. The molecule has 0 radical (unpaired) electrons. The number of anilines is 1. The minimum Gasteiger partial charge on any atom is -0.387 e. The van der Waals surface area contributed by atoms with E-state index >= 15 is 0 Å². The number of amides is 1. The lowest BCUT2D eigenvalue weighted by Crippen LogP contribution is -2.57. The lowest BCUT2D eigenvalue weighted by Gasteiger charge is -2.58. The summed E-state index contributed by atoms with van der Waals surface area (Å²) in [5.41, 5.74) is 5.20. The Morgan fingerprint density at radius 1 is 1.03 bits per heavy atom. The van der Waals surface area contributed by atoms with Gasteiger partial charge >= 0.3 is 0 Å². The number of piperidine rings is 1. The fourth-order valence-electron chi connectivity index (χ4n) is 8.45. The summed E-state index contributed by atoms with van der Waals surface area (Å²) in [6.45, 7) is 5.73. The van der Waals surface area contributed by atoms with Gasteiger partial charge in [-0.15, -0.1) is 0 Å². The molecule has 32 heavy (non-hydrogen) atoms. The predicted octanol–water partition coefficient (Wildman–Crippen LogP) is 5.03. The van der Waals surface area contributed by atoms with Crippen molar-refractivity contribution in [2.45, 2.75) is 71.6 Å². The second-order valence-corrected chi connectivity index (χ2v) is 11.7. The second kappa shape index (κ2) is 7.20. The highest BCUT2D eigenvalue weighted by Gasteiger charge is 2.60. The summed E-state index contributed by atoms with van der Waals surface area (Å²) in [4.78, 5) is 25.5. The van der Waals surface area contributed by atoms with Crippen LogP contribution in [-0.4, -0.2) is 18.2 Å². The lowest BCUT2D eigenvalue weighted by atomic mass is 9.50. The van der Waals surface area contributed by atoms with E-state index in [9.17, 15) is 9.59 Å². The van der Waals surface area contributed by atoms with E-state index in [-0.39, 0.29) is 28.4 Å². The summed E-state index contributed by atoms with van der Waals surface area (Å²) in [6, 6.07) is 6.50. The third-order valence-corrected chi connectivity index (χ3v) is 10.3. The lowest BCUT2D eigenvalue weighted by molar-refractivity contribution is -0.127. The van der Waals surface area contributed by atoms with Gasteiger partial charge in [-0.25, -0.2) is 0 Å². The molecule has 1 aromatic carbocycles. The quantitative estimate of drug-likeness (QED) is 0.689. The van der Waals surface area contributed by atoms with Crippen molar-refractivity contribution < 1.29 is 9.59 Å². The number of aryl methyl sites for hydroxylation is 2. The van der Waals surface area contributed by atoms with Crippen LogP contribution in [0.1, 0.15) is 69.9 Å². The van der Waals surface area contributed by atoms with Crippen molar-refractivity contribution in [2.75, 3.05) is 11.9 Å². The van der Waals surface area contributed by atoms with Crippen molar-refractivity contribution in [2.24, 2.45) is 34.5 Å². The zero-order valence-corrected chi connectivity index (χ0v) is 19.5. The average Bonchev–Trinajstić information content (AvgIpc) is 3.37. The molecule has 2 N–H and O–H groups in total. The molecule has 4 nitrogen and oxygen atoms in total. The molecule has 4 heteroatoms. The molecule has 3 fully saturated rings. The van der Waals surface area contributed by atoms with Crippen LogP contribution in [0.4, 0.5) is 5.69 Å². The van der Waals surface area contributed by atoms with Crippen molar-refractivity contribution in [3.63, 3.8) is 0 Å². The highest BCUT2D eigenvalue weighted by atomic mass is 16.2. The van der Waals surface area contributed by atoms with Crippen LogP contribution in [0.2, 0.25) is 0 Å². The van der Waals surface area contributed by atoms with E-state index in [0.717, 1.165) is 44.3 Å². The molecule has 0 bridgehead atoms. The number of carbonyl (C=O) groups is 2. The summed E-state index contributed by atoms with van der Waals surface area (Å²) < 4.78 is 0. The molecule has 0 spiro atoms. The number of hydrogen-bond acceptors (Lipinski definition) is 3. The summed E-state index contributed by atoms with van der Waals surface area (Å²) in [7, 11) is 0. The molecule has 4 aliphatic carbocycles. The normalized spacial score (nSPS) is 39.8. The number of hydrogen-bond donors (Lipinski definition) is 2. The Morgan fingerprint density at radius 3 is 2.75 bits per heavy atom. The Kier molecular flexibility index (Phi) is 4.61. The molecule has 5 aliphatic rings. The molecular weight excluding hydrogens is 396 g/mol. The van der Waals surface area contributed by atoms with Crippen molar-refractivity contribution in [1.82, 2.24) is 5.32 Å². The van der Waals surface area contributed by atoms with Gasteiger partial charge < -0.3 is 10.6 Å². The minimum absolute atomic E-state index is 0.0751. The zero-order chi connectivity index (χ0) is 22.1. The number of ketones is 1. The highest BCUT2D eigenvalue weighted by Crippen LogP contribution is 2.64. The molecule has 1 aliphatic heterocycles.